The van der Waals surface area contributed by atoms with Crippen LogP contribution in [0.2, 0.25) is 0 Å². The molecule has 0 radical (unpaired) electrons. The summed E-state index contributed by atoms with van der Waals surface area (Å²) in [5, 5.41) is 5.86. The van der Waals surface area contributed by atoms with Crippen LogP contribution in [0.25, 0.3) is 0 Å². The van der Waals surface area contributed by atoms with Gasteiger partial charge in [0.1, 0.15) is 11.5 Å². The molecule has 0 spiro atoms. The molecule has 4 rings (SSSR count). The molecule has 2 N–H and O–H groups in total. The van der Waals surface area contributed by atoms with E-state index in [-0.39, 0.29) is 30.2 Å². The molecule has 8 nitrogen and oxygen atoms in total. The zero-order valence-electron chi connectivity index (χ0n) is 26.8. The Kier molecular flexibility index (Phi) is 11.5. The van der Waals surface area contributed by atoms with Crippen molar-refractivity contribution in [2.75, 3.05) is 20.8 Å². The van der Waals surface area contributed by atoms with E-state index in [1.54, 1.807) is 14.2 Å². The average molecular weight is 581 g/mol. The highest BCUT2D eigenvalue weighted by molar-refractivity contribution is 6.48. The van der Waals surface area contributed by atoms with E-state index >= 15 is 0 Å². The molecule has 2 atom stereocenters. The molecule has 2 unspecified atom stereocenters. The Morgan fingerprint density at radius 2 is 1.67 bits per heavy atom. The standard InChI is InChI=1S/C26H41BN2O6.C7H8/c1-16(2)11-22(27-34-25(3,4)26(5,6)35-27)29-23(30)15-28-24(31)17-9-10-20-18(12-17)13-19(32-7)14-21(20)33-8;1-7-5-3-2-4-6-7/h13-14,16-17,22H,9-12,15H2,1-8H3,(H,28,31)(H,29,30);2-6H,1H3. The first-order valence-electron chi connectivity index (χ1n) is 14.9. The molecule has 2 aromatic carbocycles. The van der Waals surface area contributed by atoms with Gasteiger partial charge in [-0.25, -0.2) is 0 Å². The first kappa shape index (κ1) is 33.5. The van der Waals surface area contributed by atoms with Crippen molar-refractivity contribution < 1.29 is 28.4 Å². The van der Waals surface area contributed by atoms with Gasteiger partial charge in [0.2, 0.25) is 11.8 Å². The zero-order chi connectivity index (χ0) is 31.1. The highest BCUT2D eigenvalue weighted by atomic mass is 16.7. The predicted octanol–water partition coefficient (Wildman–Crippen LogP) is 5.08. The Morgan fingerprint density at radius 1 is 1.02 bits per heavy atom. The van der Waals surface area contributed by atoms with Crippen LogP contribution < -0.4 is 20.1 Å². The van der Waals surface area contributed by atoms with E-state index in [0.29, 0.717) is 30.9 Å². The van der Waals surface area contributed by atoms with E-state index < -0.39 is 18.3 Å². The van der Waals surface area contributed by atoms with Crippen LogP contribution in [0.3, 0.4) is 0 Å². The minimum Gasteiger partial charge on any atom is -0.497 e. The SMILES string of the molecule is COc1cc2c(c(OC)c1)CCC(C(=O)NCC(=O)NC(CC(C)C)B1OC(C)(C)C(C)(C)O1)C2.Cc1ccccc1. The predicted molar refractivity (Wildman–Crippen MR) is 167 cm³/mol. The third kappa shape index (κ3) is 8.74. The molecule has 230 valence electrons. The van der Waals surface area contributed by atoms with Gasteiger partial charge in [0.25, 0.3) is 0 Å². The van der Waals surface area contributed by atoms with Gasteiger partial charge in [-0.1, -0.05) is 49.7 Å². The van der Waals surface area contributed by atoms with Gasteiger partial charge in [0.05, 0.1) is 37.9 Å². The van der Waals surface area contributed by atoms with E-state index in [4.69, 9.17) is 18.8 Å². The van der Waals surface area contributed by atoms with Crippen LogP contribution in [0.4, 0.5) is 0 Å². The van der Waals surface area contributed by atoms with Gasteiger partial charge in [-0.05, 0) is 83.4 Å². The van der Waals surface area contributed by atoms with Crippen molar-refractivity contribution >= 4 is 18.9 Å². The summed E-state index contributed by atoms with van der Waals surface area (Å²) in [6, 6.07) is 14.1. The fourth-order valence-electron chi connectivity index (χ4n) is 5.25. The summed E-state index contributed by atoms with van der Waals surface area (Å²) in [7, 11) is 2.72. The maximum atomic E-state index is 12.9. The van der Waals surface area contributed by atoms with Crippen molar-refractivity contribution in [1.29, 1.82) is 0 Å². The molecular weight excluding hydrogens is 531 g/mol. The molecular formula is C33H49BN2O6. The number of aryl methyl sites for hydroxylation is 1. The molecule has 0 bridgehead atoms. The second-order valence-corrected chi connectivity index (χ2v) is 12.7. The first-order valence-corrected chi connectivity index (χ1v) is 14.9. The Hall–Kier alpha value is -3.04. The first-order chi connectivity index (χ1) is 19.8. The highest BCUT2D eigenvalue weighted by Crippen LogP contribution is 2.38. The molecule has 9 heteroatoms. The highest BCUT2D eigenvalue weighted by Gasteiger charge is 2.54. The molecule has 0 saturated carbocycles. The number of methoxy groups -OCH3 is 2. The van der Waals surface area contributed by atoms with Crippen molar-refractivity contribution in [3.63, 3.8) is 0 Å². The van der Waals surface area contributed by atoms with E-state index in [9.17, 15) is 9.59 Å². The molecule has 1 aliphatic heterocycles. The molecule has 1 fully saturated rings. The minimum absolute atomic E-state index is 0.0856. The lowest BCUT2D eigenvalue weighted by molar-refractivity contribution is -0.129. The van der Waals surface area contributed by atoms with E-state index in [2.05, 4.69) is 43.5 Å². The number of hydrogen-bond acceptors (Lipinski definition) is 6. The Bertz CT molecular complexity index is 1180. The average Bonchev–Trinajstić information content (AvgIpc) is 3.17. The van der Waals surface area contributed by atoms with Crippen LogP contribution in [0, 0.1) is 18.8 Å². The fraction of sp³-hybridized carbons (Fsp3) is 0.576. The van der Waals surface area contributed by atoms with E-state index in [1.165, 1.54) is 5.56 Å². The number of fused-ring (bicyclic) bond motifs is 1. The van der Waals surface area contributed by atoms with Crippen LogP contribution in [-0.4, -0.2) is 56.8 Å². The molecule has 1 aliphatic carbocycles. The smallest absolute Gasteiger partial charge is 0.481 e. The number of carbonyl (C=O) groups is 2. The maximum absolute atomic E-state index is 12.9. The zero-order valence-corrected chi connectivity index (χ0v) is 26.8. The number of benzene rings is 2. The Balaban J connectivity index is 0.000000603. The quantitative estimate of drug-likeness (QED) is 0.402. The van der Waals surface area contributed by atoms with Crippen LogP contribution in [-0.2, 0) is 31.7 Å². The maximum Gasteiger partial charge on any atom is 0.481 e. The second kappa shape index (κ2) is 14.4. The van der Waals surface area contributed by atoms with Crippen molar-refractivity contribution in [3.05, 3.63) is 59.2 Å². The van der Waals surface area contributed by atoms with E-state index in [1.807, 2.05) is 58.0 Å². The monoisotopic (exact) mass is 580 g/mol. The lowest BCUT2D eigenvalue weighted by atomic mass is 9.74. The van der Waals surface area contributed by atoms with Gasteiger partial charge in [0, 0.05) is 12.0 Å². The van der Waals surface area contributed by atoms with Crippen LogP contribution in [0.15, 0.2) is 42.5 Å². The minimum atomic E-state index is -0.540. The van der Waals surface area contributed by atoms with Crippen LogP contribution in [0.5, 0.6) is 11.5 Å². The van der Waals surface area contributed by atoms with Gasteiger partial charge in [0.15, 0.2) is 0 Å². The summed E-state index contributed by atoms with van der Waals surface area (Å²) >= 11 is 0. The molecule has 2 aliphatic rings. The summed E-state index contributed by atoms with van der Waals surface area (Å²) in [6.07, 6.45) is 2.73. The van der Waals surface area contributed by atoms with Crippen molar-refractivity contribution in [3.8, 4) is 11.5 Å². The molecule has 2 amide bonds. The molecule has 1 heterocycles. The summed E-state index contributed by atoms with van der Waals surface area (Å²) in [6.45, 7) is 14.2. The summed E-state index contributed by atoms with van der Waals surface area (Å²) < 4.78 is 23.2. The van der Waals surface area contributed by atoms with E-state index in [0.717, 1.165) is 23.3 Å². The number of carbonyl (C=O) groups excluding carboxylic acids is 2. The van der Waals surface area contributed by atoms with Gasteiger partial charge in [-0.2, -0.15) is 0 Å². The number of nitrogens with one attached hydrogen (secondary N) is 2. The molecule has 2 aromatic rings. The van der Waals surface area contributed by atoms with Crippen molar-refractivity contribution in [1.82, 2.24) is 10.6 Å². The largest absolute Gasteiger partial charge is 0.497 e. The molecule has 0 aromatic heterocycles. The lowest BCUT2D eigenvalue weighted by Gasteiger charge is -2.32. The van der Waals surface area contributed by atoms with Crippen molar-refractivity contribution in [2.24, 2.45) is 11.8 Å². The van der Waals surface area contributed by atoms with Gasteiger partial charge >= 0.3 is 7.12 Å². The normalized spacial score (nSPS) is 19.2. The number of hydrogen-bond donors (Lipinski definition) is 2. The topological polar surface area (TPSA) is 95.1 Å². The third-order valence-corrected chi connectivity index (χ3v) is 8.35. The van der Waals surface area contributed by atoms with Crippen molar-refractivity contribution in [2.45, 2.75) is 91.3 Å². The van der Waals surface area contributed by atoms with Gasteiger partial charge in [-0.3, -0.25) is 9.59 Å². The second-order valence-electron chi connectivity index (χ2n) is 12.7. The number of rotatable bonds is 9. The van der Waals surface area contributed by atoms with Crippen LogP contribution in [0.1, 0.15) is 71.1 Å². The summed E-state index contributed by atoms with van der Waals surface area (Å²) in [5.41, 5.74) is 2.54. The molecule has 1 saturated heterocycles. The van der Waals surface area contributed by atoms with Gasteiger partial charge in [-0.15, -0.1) is 0 Å². The van der Waals surface area contributed by atoms with Crippen LogP contribution >= 0.6 is 0 Å². The summed E-state index contributed by atoms with van der Waals surface area (Å²) in [5.74, 6) is 0.951. The molecule has 42 heavy (non-hydrogen) atoms. The third-order valence-electron chi connectivity index (χ3n) is 8.35. The number of amides is 2. The Morgan fingerprint density at radius 3 is 2.19 bits per heavy atom. The number of ether oxygens (including phenoxy) is 2. The van der Waals surface area contributed by atoms with Gasteiger partial charge < -0.3 is 29.4 Å². The summed E-state index contributed by atoms with van der Waals surface area (Å²) in [4.78, 5) is 25.7. The Labute approximate surface area is 252 Å². The lowest BCUT2D eigenvalue weighted by Crippen LogP contribution is -2.51. The fourth-order valence-corrected chi connectivity index (χ4v) is 5.25.